The van der Waals surface area contributed by atoms with Gasteiger partial charge in [0.2, 0.25) is 0 Å². The van der Waals surface area contributed by atoms with E-state index < -0.39 is 5.41 Å². The third-order valence-electron chi connectivity index (χ3n) is 3.93. The van der Waals surface area contributed by atoms with Crippen molar-refractivity contribution in [3.8, 4) is 0 Å². The molecule has 1 aromatic rings. The zero-order valence-electron chi connectivity index (χ0n) is 14.0. The van der Waals surface area contributed by atoms with Gasteiger partial charge < -0.3 is 10.5 Å². The van der Waals surface area contributed by atoms with Crippen LogP contribution in [0.2, 0.25) is 0 Å². The highest BCUT2D eigenvalue weighted by Gasteiger charge is 2.39. The average Bonchev–Trinajstić information content (AvgIpc) is 2.41. The zero-order chi connectivity index (χ0) is 16.0. The molecule has 0 aliphatic rings. The van der Waals surface area contributed by atoms with Crippen molar-refractivity contribution < 1.29 is 9.53 Å². The van der Waals surface area contributed by atoms with E-state index in [1.54, 1.807) is 0 Å². The van der Waals surface area contributed by atoms with Crippen LogP contribution in [0.4, 0.5) is 0 Å². The lowest BCUT2D eigenvalue weighted by Crippen LogP contribution is -2.43. The van der Waals surface area contributed by atoms with Gasteiger partial charge in [0.25, 0.3) is 0 Å². The van der Waals surface area contributed by atoms with Crippen molar-refractivity contribution in [2.75, 3.05) is 13.2 Å². The number of hydrogen-bond acceptors (Lipinski definition) is 3. The smallest absolute Gasteiger partial charge is 0.313 e. The predicted octanol–water partition coefficient (Wildman–Crippen LogP) is 3.40. The van der Waals surface area contributed by atoms with Crippen molar-refractivity contribution in [1.82, 2.24) is 0 Å². The van der Waals surface area contributed by atoms with Crippen LogP contribution in [0.3, 0.4) is 0 Å². The van der Waals surface area contributed by atoms with Crippen molar-refractivity contribution in [1.29, 1.82) is 0 Å². The van der Waals surface area contributed by atoms with Crippen LogP contribution in [0.5, 0.6) is 0 Å². The second-order valence-electron chi connectivity index (χ2n) is 6.41. The van der Waals surface area contributed by atoms with Crippen molar-refractivity contribution in [2.45, 2.75) is 47.5 Å². The first-order valence-electron chi connectivity index (χ1n) is 7.78. The second-order valence-corrected chi connectivity index (χ2v) is 6.41. The molecule has 0 aromatic heterocycles. The van der Waals surface area contributed by atoms with E-state index in [0.29, 0.717) is 25.5 Å². The van der Waals surface area contributed by atoms with E-state index in [1.165, 1.54) is 16.7 Å². The Labute approximate surface area is 128 Å². The van der Waals surface area contributed by atoms with E-state index in [0.717, 1.165) is 6.42 Å². The third-order valence-corrected chi connectivity index (χ3v) is 3.93. The zero-order valence-corrected chi connectivity index (χ0v) is 14.0. The van der Waals surface area contributed by atoms with Crippen LogP contribution >= 0.6 is 0 Å². The first-order chi connectivity index (χ1) is 9.84. The molecule has 0 spiro atoms. The molecule has 0 amide bonds. The molecule has 2 N–H and O–H groups in total. The molecule has 3 heteroatoms. The molecule has 1 aromatic carbocycles. The fourth-order valence-corrected chi connectivity index (χ4v) is 2.89. The van der Waals surface area contributed by atoms with Crippen molar-refractivity contribution >= 4 is 5.97 Å². The number of ether oxygens (including phenoxy) is 1. The summed E-state index contributed by atoms with van der Waals surface area (Å²) < 4.78 is 5.32. The Hall–Kier alpha value is -1.35. The van der Waals surface area contributed by atoms with Crippen LogP contribution in [0, 0.1) is 25.2 Å². The van der Waals surface area contributed by atoms with E-state index in [4.69, 9.17) is 10.5 Å². The van der Waals surface area contributed by atoms with Gasteiger partial charge in [-0.25, -0.2) is 0 Å². The molecular formula is C18H29NO2. The molecule has 3 nitrogen and oxygen atoms in total. The average molecular weight is 291 g/mol. The Balaban J connectivity index is 3.16. The summed E-state index contributed by atoms with van der Waals surface area (Å²) in [4.78, 5) is 12.5. The van der Waals surface area contributed by atoms with Crippen LogP contribution in [-0.2, 0) is 16.0 Å². The Bertz CT molecular complexity index is 482. The molecule has 118 valence electrons. The minimum absolute atomic E-state index is 0.165. The first-order valence-corrected chi connectivity index (χ1v) is 7.78. The van der Waals surface area contributed by atoms with Gasteiger partial charge in [-0.1, -0.05) is 37.6 Å². The molecule has 0 fully saturated rings. The van der Waals surface area contributed by atoms with Crippen molar-refractivity contribution in [3.05, 3.63) is 34.9 Å². The summed E-state index contributed by atoms with van der Waals surface area (Å²) in [5, 5.41) is 0. The summed E-state index contributed by atoms with van der Waals surface area (Å²) >= 11 is 0. The highest BCUT2D eigenvalue weighted by Crippen LogP contribution is 2.33. The van der Waals surface area contributed by atoms with Gasteiger partial charge in [-0.15, -0.1) is 0 Å². The Morgan fingerprint density at radius 3 is 2.52 bits per heavy atom. The highest BCUT2D eigenvalue weighted by molar-refractivity contribution is 5.77. The van der Waals surface area contributed by atoms with Crippen molar-refractivity contribution in [3.63, 3.8) is 0 Å². The van der Waals surface area contributed by atoms with Gasteiger partial charge in [0.15, 0.2) is 0 Å². The number of rotatable bonds is 7. The fraction of sp³-hybridized carbons (Fsp3) is 0.611. The fourth-order valence-electron chi connectivity index (χ4n) is 2.89. The summed E-state index contributed by atoms with van der Waals surface area (Å²) in [6.07, 6.45) is 1.39. The maximum absolute atomic E-state index is 12.5. The van der Waals surface area contributed by atoms with E-state index >= 15 is 0 Å². The molecule has 0 aliphatic carbocycles. The first kappa shape index (κ1) is 17.7. The quantitative estimate of drug-likeness (QED) is 0.783. The van der Waals surface area contributed by atoms with E-state index in [9.17, 15) is 4.79 Å². The summed E-state index contributed by atoms with van der Waals surface area (Å²) in [6, 6.07) is 6.35. The Kier molecular flexibility index (Phi) is 6.41. The summed E-state index contributed by atoms with van der Waals surface area (Å²) in [5.41, 5.74) is 8.99. The van der Waals surface area contributed by atoms with E-state index in [2.05, 4.69) is 45.9 Å². The highest BCUT2D eigenvalue weighted by atomic mass is 16.5. The monoisotopic (exact) mass is 291 g/mol. The number of carbonyl (C=O) groups excluding carboxylic acids is 1. The normalized spacial score (nSPS) is 14.0. The molecular weight excluding hydrogens is 262 g/mol. The molecule has 0 bridgehead atoms. The molecule has 0 heterocycles. The van der Waals surface area contributed by atoms with Crippen LogP contribution < -0.4 is 5.73 Å². The van der Waals surface area contributed by atoms with Gasteiger partial charge >= 0.3 is 5.97 Å². The molecule has 0 aliphatic heterocycles. The molecule has 1 atom stereocenters. The van der Waals surface area contributed by atoms with Gasteiger partial charge in [0.05, 0.1) is 12.0 Å². The lowest BCUT2D eigenvalue weighted by atomic mass is 9.74. The largest absolute Gasteiger partial charge is 0.466 e. The van der Waals surface area contributed by atoms with Crippen LogP contribution in [0.15, 0.2) is 18.2 Å². The summed E-state index contributed by atoms with van der Waals surface area (Å²) in [7, 11) is 0. The molecule has 0 saturated carbocycles. The minimum Gasteiger partial charge on any atom is -0.466 e. The van der Waals surface area contributed by atoms with Gasteiger partial charge in [-0.05, 0) is 50.7 Å². The maximum Gasteiger partial charge on any atom is 0.313 e. The number of hydrogen-bond donors (Lipinski definition) is 1. The Morgan fingerprint density at radius 1 is 1.33 bits per heavy atom. The van der Waals surface area contributed by atoms with Gasteiger partial charge in [-0.2, -0.15) is 0 Å². The molecule has 1 unspecified atom stereocenters. The summed E-state index contributed by atoms with van der Waals surface area (Å²) in [5.74, 6) is 0.227. The number of carbonyl (C=O) groups is 1. The van der Waals surface area contributed by atoms with Crippen LogP contribution in [0.1, 0.15) is 43.9 Å². The second kappa shape index (κ2) is 7.60. The Morgan fingerprint density at radius 2 is 2.00 bits per heavy atom. The van der Waals surface area contributed by atoms with Crippen LogP contribution in [0.25, 0.3) is 0 Å². The lowest BCUT2D eigenvalue weighted by Gasteiger charge is -2.32. The molecule has 1 rings (SSSR count). The number of benzene rings is 1. The number of aryl methyl sites for hydroxylation is 2. The van der Waals surface area contributed by atoms with E-state index in [-0.39, 0.29) is 5.97 Å². The van der Waals surface area contributed by atoms with Gasteiger partial charge in [-0.3, -0.25) is 4.79 Å². The van der Waals surface area contributed by atoms with Crippen molar-refractivity contribution in [2.24, 2.45) is 17.1 Å². The van der Waals surface area contributed by atoms with Gasteiger partial charge in [0, 0.05) is 6.54 Å². The van der Waals surface area contributed by atoms with Gasteiger partial charge in [0.1, 0.15) is 0 Å². The predicted molar refractivity (Wildman–Crippen MR) is 87.2 cm³/mol. The minimum atomic E-state index is -0.622. The summed E-state index contributed by atoms with van der Waals surface area (Å²) in [6.45, 7) is 10.9. The molecule has 0 radical (unpaired) electrons. The SMILES string of the molecule is CCOC(=O)C(CN)(Cc1cc(C)ccc1C)CC(C)C. The lowest BCUT2D eigenvalue weighted by molar-refractivity contribution is -0.156. The number of esters is 1. The maximum atomic E-state index is 12.5. The third kappa shape index (κ3) is 4.57. The standard InChI is InChI=1S/C18H29NO2/c1-6-21-17(20)18(12-19,10-13(2)3)11-16-9-14(4)7-8-15(16)5/h7-9,13H,6,10-12,19H2,1-5H3. The van der Waals surface area contributed by atoms with E-state index in [1.807, 2.05) is 6.92 Å². The number of nitrogens with two attached hydrogens (primary N) is 1. The molecule has 21 heavy (non-hydrogen) atoms. The van der Waals surface area contributed by atoms with Crippen LogP contribution in [-0.4, -0.2) is 19.1 Å². The topological polar surface area (TPSA) is 52.3 Å². The molecule has 0 saturated heterocycles.